The first-order valence-corrected chi connectivity index (χ1v) is 12.0. The van der Waals surface area contributed by atoms with Crippen molar-refractivity contribution in [3.8, 4) is 17.2 Å². The maximum atomic E-state index is 13.3. The van der Waals surface area contributed by atoms with Crippen LogP contribution in [0.5, 0.6) is 17.2 Å². The van der Waals surface area contributed by atoms with Gasteiger partial charge >= 0.3 is 5.97 Å². The fraction of sp³-hybridized carbons (Fsp3) is 0.250. The van der Waals surface area contributed by atoms with E-state index in [4.69, 9.17) is 25.8 Å². The van der Waals surface area contributed by atoms with Gasteiger partial charge in [-0.15, -0.1) is 0 Å². The lowest BCUT2D eigenvalue weighted by molar-refractivity contribution is -0.157. The van der Waals surface area contributed by atoms with E-state index in [-0.39, 0.29) is 5.75 Å². The van der Waals surface area contributed by atoms with Crippen LogP contribution in [-0.2, 0) is 19.9 Å². The van der Waals surface area contributed by atoms with Gasteiger partial charge in [0.25, 0.3) is 0 Å². The molecule has 1 aliphatic heterocycles. The molecule has 0 spiro atoms. The minimum Gasteiger partial charge on any atom is -0.496 e. The summed E-state index contributed by atoms with van der Waals surface area (Å²) in [7, 11) is 4.49. The number of methoxy groups -OCH3 is 2. The molecule has 198 valence electrons. The van der Waals surface area contributed by atoms with Crippen LogP contribution in [0.3, 0.4) is 0 Å². The van der Waals surface area contributed by atoms with Crippen LogP contribution < -0.4 is 19.1 Å². The van der Waals surface area contributed by atoms with Crippen molar-refractivity contribution in [2.75, 3.05) is 32.7 Å². The second-order valence-corrected chi connectivity index (χ2v) is 9.17. The second kappa shape index (κ2) is 10.6. The fourth-order valence-electron chi connectivity index (χ4n) is 4.85. The third kappa shape index (κ3) is 4.61. The topological polar surface area (TPSA) is 106 Å². The molecule has 2 unspecified atom stereocenters. The zero-order chi connectivity index (χ0) is 27.6. The molecular formula is C28H27ClN2O7. The van der Waals surface area contributed by atoms with Crippen LogP contribution in [0, 0.1) is 0 Å². The molecule has 0 saturated heterocycles. The van der Waals surface area contributed by atoms with Crippen molar-refractivity contribution in [3.63, 3.8) is 0 Å². The third-order valence-corrected chi connectivity index (χ3v) is 6.84. The standard InChI is InChI=1S/C28H27ClN2O7/c1-17(32)31-16-25(33)30(2)24-11-10-19(29)12-23(24)28(31,18-8-6-5-7-9-18)26(27(34)35)38-22-14-20(36-3)13-21(15-22)37-4/h5-15,26H,16H2,1-4H3,(H,34,35). The molecule has 38 heavy (non-hydrogen) atoms. The van der Waals surface area contributed by atoms with Crippen LogP contribution in [0.15, 0.2) is 66.7 Å². The quantitative estimate of drug-likeness (QED) is 0.485. The molecule has 0 saturated carbocycles. The summed E-state index contributed by atoms with van der Waals surface area (Å²) in [5.74, 6) is -1.43. The highest BCUT2D eigenvalue weighted by Crippen LogP contribution is 2.48. The van der Waals surface area contributed by atoms with Crippen LogP contribution >= 0.6 is 11.6 Å². The number of likely N-dealkylation sites (N-methyl/N-ethyl adjacent to an activating group) is 1. The van der Waals surface area contributed by atoms with Gasteiger partial charge in [-0.1, -0.05) is 41.9 Å². The van der Waals surface area contributed by atoms with E-state index in [9.17, 15) is 19.5 Å². The molecule has 0 radical (unpaired) electrons. The maximum Gasteiger partial charge on any atom is 0.348 e. The summed E-state index contributed by atoms with van der Waals surface area (Å²) in [6.45, 7) is 0.885. The number of hydrogen-bond acceptors (Lipinski definition) is 6. The number of fused-ring (bicyclic) bond motifs is 1. The first kappa shape index (κ1) is 26.8. The number of anilines is 1. The molecule has 2 amide bonds. The number of carbonyl (C=O) groups excluding carboxylic acids is 2. The molecule has 2 atom stereocenters. The van der Waals surface area contributed by atoms with Crippen LogP contribution in [0.4, 0.5) is 5.69 Å². The van der Waals surface area contributed by atoms with E-state index >= 15 is 0 Å². The Labute approximate surface area is 225 Å². The van der Waals surface area contributed by atoms with E-state index in [1.807, 2.05) is 0 Å². The van der Waals surface area contributed by atoms with Crippen molar-refractivity contribution in [1.82, 2.24) is 4.90 Å². The van der Waals surface area contributed by atoms with Gasteiger partial charge in [-0.05, 0) is 23.8 Å². The van der Waals surface area contributed by atoms with Crippen LogP contribution in [0.25, 0.3) is 0 Å². The maximum absolute atomic E-state index is 13.3. The molecular weight excluding hydrogens is 512 g/mol. The van der Waals surface area contributed by atoms with E-state index in [2.05, 4.69) is 0 Å². The fourth-order valence-corrected chi connectivity index (χ4v) is 5.02. The lowest BCUT2D eigenvalue weighted by Gasteiger charge is -2.46. The smallest absolute Gasteiger partial charge is 0.348 e. The van der Waals surface area contributed by atoms with Crippen molar-refractivity contribution in [3.05, 3.63) is 82.9 Å². The number of halogens is 1. The summed E-state index contributed by atoms with van der Waals surface area (Å²) < 4.78 is 16.9. The summed E-state index contributed by atoms with van der Waals surface area (Å²) in [6.07, 6.45) is -1.73. The van der Waals surface area contributed by atoms with E-state index in [0.717, 1.165) is 0 Å². The summed E-state index contributed by atoms with van der Waals surface area (Å²) in [5, 5.41) is 11.0. The second-order valence-electron chi connectivity index (χ2n) is 8.74. The van der Waals surface area contributed by atoms with Gasteiger partial charge in [0.05, 0.1) is 14.2 Å². The Morgan fingerprint density at radius 1 is 0.974 bits per heavy atom. The molecule has 4 rings (SSSR count). The molecule has 3 aromatic rings. The van der Waals surface area contributed by atoms with E-state index in [1.165, 1.54) is 43.1 Å². The molecule has 0 fully saturated rings. The Balaban J connectivity index is 2.11. The van der Waals surface area contributed by atoms with Crippen LogP contribution in [-0.4, -0.2) is 61.7 Å². The third-order valence-electron chi connectivity index (χ3n) is 6.60. The zero-order valence-electron chi connectivity index (χ0n) is 21.3. The zero-order valence-corrected chi connectivity index (χ0v) is 22.1. The molecule has 1 N–H and O–H groups in total. The Bertz CT molecular complexity index is 1360. The predicted octanol–water partition coefficient (Wildman–Crippen LogP) is 3.96. The summed E-state index contributed by atoms with van der Waals surface area (Å²) >= 11 is 6.45. The van der Waals surface area contributed by atoms with E-state index < -0.39 is 36.0 Å². The van der Waals surface area contributed by atoms with Crippen LogP contribution in [0.2, 0.25) is 5.02 Å². The van der Waals surface area contributed by atoms with Gasteiger partial charge in [0, 0.05) is 48.4 Å². The number of amides is 2. The Hall–Kier alpha value is -4.24. The van der Waals surface area contributed by atoms with Crippen molar-refractivity contribution in [2.45, 2.75) is 18.6 Å². The highest BCUT2D eigenvalue weighted by molar-refractivity contribution is 6.30. The van der Waals surface area contributed by atoms with Crippen molar-refractivity contribution < 1.29 is 33.7 Å². The highest BCUT2D eigenvalue weighted by atomic mass is 35.5. The molecule has 0 aromatic heterocycles. The number of carbonyl (C=O) groups is 3. The molecule has 9 nitrogen and oxygen atoms in total. The van der Waals surface area contributed by atoms with Gasteiger partial charge < -0.3 is 29.1 Å². The predicted molar refractivity (Wildman–Crippen MR) is 141 cm³/mol. The van der Waals surface area contributed by atoms with Gasteiger partial charge in [-0.3, -0.25) is 9.59 Å². The molecule has 0 bridgehead atoms. The van der Waals surface area contributed by atoms with Crippen molar-refractivity contribution in [1.29, 1.82) is 0 Å². The van der Waals surface area contributed by atoms with Gasteiger partial charge in [-0.25, -0.2) is 4.79 Å². The van der Waals surface area contributed by atoms with Gasteiger partial charge in [0.2, 0.25) is 17.9 Å². The highest BCUT2D eigenvalue weighted by Gasteiger charge is 2.57. The summed E-state index contributed by atoms with van der Waals surface area (Å²) in [6, 6.07) is 18.1. The first-order valence-electron chi connectivity index (χ1n) is 11.7. The minimum absolute atomic E-state index is 0.125. The number of ether oxygens (including phenoxy) is 3. The van der Waals surface area contributed by atoms with Gasteiger partial charge in [0.1, 0.15) is 29.3 Å². The largest absolute Gasteiger partial charge is 0.496 e. The SMILES string of the molecule is COc1cc(OC)cc(OC(C(=O)O)C2(c3ccccc3)c3cc(Cl)ccc3N(C)C(=O)CN2C(C)=O)c1. The van der Waals surface area contributed by atoms with E-state index in [0.29, 0.717) is 33.3 Å². The Kier molecular flexibility index (Phi) is 7.50. The summed E-state index contributed by atoms with van der Waals surface area (Å²) in [5.41, 5.74) is -0.674. The number of nitrogens with zero attached hydrogens (tertiary/aromatic N) is 2. The number of hydrogen-bond donors (Lipinski definition) is 1. The molecule has 1 heterocycles. The average Bonchev–Trinajstić information content (AvgIpc) is 3.00. The van der Waals surface area contributed by atoms with Crippen molar-refractivity contribution >= 4 is 35.1 Å². The van der Waals surface area contributed by atoms with Gasteiger partial charge in [-0.2, -0.15) is 0 Å². The van der Waals surface area contributed by atoms with E-state index in [1.54, 1.807) is 61.6 Å². The number of aliphatic carboxylic acids is 1. The average molecular weight is 539 g/mol. The molecule has 1 aliphatic rings. The molecule has 10 heteroatoms. The number of benzene rings is 3. The number of rotatable bonds is 7. The normalized spacial score (nSPS) is 17.8. The lowest BCUT2D eigenvalue weighted by Crippen LogP contribution is -2.61. The Morgan fingerprint density at radius 3 is 2.13 bits per heavy atom. The monoisotopic (exact) mass is 538 g/mol. The first-order chi connectivity index (χ1) is 18.1. The van der Waals surface area contributed by atoms with Gasteiger partial charge in [0.15, 0.2) is 0 Å². The molecule has 0 aliphatic carbocycles. The van der Waals surface area contributed by atoms with Crippen LogP contribution in [0.1, 0.15) is 18.1 Å². The van der Waals surface area contributed by atoms with Crippen molar-refractivity contribution in [2.24, 2.45) is 0 Å². The minimum atomic E-state index is -1.81. The molecule has 3 aromatic carbocycles. The lowest BCUT2D eigenvalue weighted by atomic mass is 9.75. The number of carboxylic acid groups (broad SMARTS) is 1. The Morgan fingerprint density at radius 2 is 1.58 bits per heavy atom. The summed E-state index contributed by atoms with van der Waals surface area (Å²) in [4.78, 5) is 42.4. The number of carboxylic acids is 1.